The van der Waals surface area contributed by atoms with Gasteiger partial charge in [0, 0.05) is 11.5 Å². The molecule has 1 saturated heterocycles. The monoisotopic (exact) mass is 254 g/mol. The molecule has 2 rings (SSSR count). The fraction of sp³-hybridized carbons (Fsp3) is 0.929. The first-order valence-electron chi connectivity index (χ1n) is 7.16. The van der Waals surface area contributed by atoms with Gasteiger partial charge >= 0.3 is 0 Å². The van der Waals surface area contributed by atoms with Crippen molar-refractivity contribution in [3.8, 4) is 0 Å². The third-order valence-electron chi connectivity index (χ3n) is 4.84. The fourth-order valence-electron chi connectivity index (χ4n) is 3.25. The number of nitrogens with two attached hydrogens (primary N) is 1. The lowest BCUT2D eigenvalue weighted by Gasteiger charge is -2.42. The van der Waals surface area contributed by atoms with Gasteiger partial charge in [0.05, 0.1) is 4.99 Å². The van der Waals surface area contributed by atoms with Crippen LogP contribution in [0.5, 0.6) is 0 Å². The van der Waals surface area contributed by atoms with Gasteiger partial charge in [-0.25, -0.2) is 0 Å². The summed E-state index contributed by atoms with van der Waals surface area (Å²) < 4.78 is 0. The summed E-state index contributed by atoms with van der Waals surface area (Å²) in [6.45, 7) is 4.62. The van der Waals surface area contributed by atoms with E-state index in [9.17, 15) is 0 Å². The Labute approximate surface area is 111 Å². The van der Waals surface area contributed by atoms with Gasteiger partial charge in [0.1, 0.15) is 0 Å². The van der Waals surface area contributed by atoms with E-state index in [-0.39, 0.29) is 5.41 Å². The molecule has 0 bridgehead atoms. The minimum absolute atomic E-state index is 0.122. The SMILES string of the molecule is CC1(C(N)=S)CCN(C2CCCCCC2)CC1. The Bertz CT molecular complexity index is 261. The molecule has 1 saturated carbocycles. The molecule has 17 heavy (non-hydrogen) atoms. The minimum Gasteiger partial charge on any atom is -0.393 e. The molecule has 2 nitrogen and oxygen atoms in total. The number of nitrogens with zero attached hydrogens (tertiary/aromatic N) is 1. The van der Waals surface area contributed by atoms with E-state index >= 15 is 0 Å². The first-order valence-corrected chi connectivity index (χ1v) is 7.57. The van der Waals surface area contributed by atoms with Crippen LogP contribution in [0.15, 0.2) is 0 Å². The molecular weight excluding hydrogens is 228 g/mol. The molecule has 0 amide bonds. The summed E-state index contributed by atoms with van der Waals surface area (Å²) in [7, 11) is 0. The van der Waals surface area contributed by atoms with Crippen molar-refractivity contribution in [2.45, 2.75) is 64.3 Å². The van der Waals surface area contributed by atoms with Crippen molar-refractivity contribution in [1.82, 2.24) is 4.90 Å². The smallest absolute Gasteiger partial charge is 0.0788 e. The van der Waals surface area contributed by atoms with E-state index in [0.29, 0.717) is 0 Å². The van der Waals surface area contributed by atoms with Gasteiger partial charge in [-0.2, -0.15) is 0 Å². The lowest BCUT2D eigenvalue weighted by molar-refractivity contribution is 0.108. The quantitative estimate of drug-likeness (QED) is 0.606. The van der Waals surface area contributed by atoms with E-state index < -0.39 is 0 Å². The number of hydrogen-bond acceptors (Lipinski definition) is 2. The predicted octanol–water partition coefficient (Wildman–Crippen LogP) is 3.10. The fourth-order valence-corrected chi connectivity index (χ4v) is 3.46. The van der Waals surface area contributed by atoms with E-state index in [1.54, 1.807) is 0 Å². The lowest BCUT2D eigenvalue weighted by atomic mass is 9.80. The van der Waals surface area contributed by atoms with Gasteiger partial charge in [-0.05, 0) is 38.8 Å². The van der Waals surface area contributed by atoms with Crippen molar-refractivity contribution in [3.05, 3.63) is 0 Å². The lowest BCUT2D eigenvalue weighted by Crippen LogP contribution is -2.48. The average Bonchev–Trinajstić information content (AvgIpc) is 2.58. The second-order valence-corrected chi connectivity index (χ2v) is 6.55. The van der Waals surface area contributed by atoms with Crippen LogP contribution in [0.4, 0.5) is 0 Å². The van der Waals surface area contributed by atoms with Gasteiger partial charge in [0.25, 0.3) is 0 Å². The second-order valence-electron chi connectivity index (χ2n) is 6.11. The van der Waals surface area contributed by atoms with Crippen LogP contribution >= 0.6 is 12.2 Å². The molecule has 0 aromatic heterocycles. The molecule has 0 aromatic carbocycles. The van der Waals surface area contributed by atoms with Crippen LogP contribution < -0.4 is 5.73 Å². The number of rotatable bonds is 2. The summed E-state index contributed by atoms with van der Waals surface area (Å²) in [6, 6.07) is 0.841. The maximum Gasteiger partial charge on any atom is 0.0788 e. The predicted molar refractivity (Wildman–Crippen MR) is 77.2 cm³/mol. The zero-order valence-corrected chi connectivity index (χ0v) is 11.9. The molecule has 98 valence electrons. The Morgan fingerprint density at radius 2 is 1.65 bits per heavy atom. The topological polar surface area (TPSA) is 29.3 Å². The number of thiocarbonyl (C=S) groups is 1. The Morgan fingerprint density at radius 3 is 2.12 bits per heavy atom. The Hall–Kier alpha value is -0.150. The molecule has 2 fully saturated rings. The van der Waals surface area contributed by atoms with E-state index in [2.05, 4.69) is 11.8 Å². The van der Waals surface area contributed by atoms with Crippen LogP contribution in [0.3, 0.4) is 0 Å². The van der Waals surface area contributed by atoms with Gasteiger partial charge in [0.15, 0.2) is 0 Å². The van der Waals surface area contributed by atoms with Crippen LogP contribution in [0.2, 0.25) is 0 Å². The molecule has 1 aliphatic heterocycles. The maximum atomic E-state index is 5.86. The number of piperidine rings is 1. The summed E-state index contributed by atoms with van der Waals surface area (Å²) >= 11 is 5.20. The highest BCUT2D eigenvalue weighted by atomic mass is 32.1. The molecule has 3 heteroatoms. The highest BCUT2D eigenvalue weighted by Gasteiger charge is 2.34. The Kier molecular flexibility index (Phi) is 4.42. The zero-order chi connectivity index (χ0) is 12.3. The molecule has 2 N–H and O–H groups in total. The van der Waals surface area contributed by atoms with Crippen molar-refractivity contribution in [3.63, 3.8) is 0 Å². The van der Waals surface area contributed by atoms with Gasteiger partial charge in [-0.1, -0.05) is 44.8 Å². The highest BCUT2D eigenvalue weighted by Crippen LogP contribution is 2.34. The largest absolute Gasteiger partial charge is 0.393 e. The number of likely N-dealkylation sites (tertiary alicyclic amines) is 1. The van der Waals surface area contributed by atoms with Crippen molar-refractivity contribution in [2.24, 2.45) is 11.1 Å². The molecule has 1 heterocycles. The molecule has 0 aromatic rings. The molecule has 1 aliphatic carbocycles. The molecular formula is C14H26N2S. The molecule has 2 aliphatic rings. The first-order chi connectivity index (χ1) is 8.12. The third-order valence-corrected chi connectivity index (χ3v) is 5.33. The summed E-state index contributed by atoms with van der Waals surface area (Å²) in [5.74, 6) is 0. The second kappa shape index (κ2) is 5.66. The average molecular weight is 254 g/mol. The highest BCUT2D eigenvalue weighted by molar-refractivity contribution is 7.80. The van der Waals surface area contributed by atoms with Crippen LogP contribution in [0.1, 0.15) is 58.3 Å². The van der Waals surface area contributed by atoms with Gasteiger partial charge in [-0.3, -0.25) is 0 Å². The molecule has 0 radical (unpaired) electrons. The molecule has 0 atom stereocenters. The van der Waals surface area contributed by atoms with Crippen LogP contribution in [0.25, 0.3) is 0 Å². The normalized spacial score (nSPS) is 27.6. The van der Waals surface area contributed by atoms with E-state index in [4.69, 9.17) is 18.0 Å². The van der Waals surface area contributed by atoms with E-state index in [1.165, 1.54) is 51.6 Å². The Balaban J connectivity index is 1.87. The number of hydrogen-bond donors (Lipinski definition) is 1. The molecule has 0 spiro atoms. The maximum absolute atomic E-state index is 5.86. The van der Waals surface area contributed by atoms with E-state index in [0.717, 1.165) is 23.9 Å². The standard InChI is InChI=1S/C14H26N2S/c1-14(13(15)17)8-10-16(11-9-14)12-6-4-2-3-5-7-12/h12H,2-11H2,1H3,(H2,15,17). The van der Waals surface area contributed by atoms with Crippen molar-refractivity contribution in [2.75, 3.05) is 13.1 Å². The van der Waals surface area contributed by atoms with Crippen LogP contribution in [-0.2, 0) is 0 Å². The minimum atomic E-state index is 0.122. The van der Waals surface area contributed by atoms with Gasteiger partial charge in [0.2, 0.25) is 0 Å². The summed E-state index contributed by atoms with van der Waals surface area (Å²) in [6.07, 6.45) is 10.8. The summed E-state index contributed by atoms with van der Waals surface area (Å²) in [5, 5.41) is 0. The van der Waals surface area contributed by atoms with Crippen molar-refractivity contribution >= 4 is 17.2 Å². The van der Waals surface area contributed by atoms with Crippen LogP contribution in [0, 0.1) is 5.41 Å². The Morgan fingerprint density at radius 1 is 1.12 bits per heavy atom. The van der Waals surface area contributed by atoms with Crippen molar-refractivity contribution < 1.29 is 0 Å². The zero-order valence-electron chi connectivity index (χ0n) is 11.1. The van der Waals surface area contributed by atoms with Crippen molar-refractivity contribution in [1.29, 1.82) is 0 Å². The van der Waals surface area contributed by atoms with Gasteiger partial charge < -0.3 is 10.6 Å². The van der Waals surface area contributed by atoms with Gasteiger partial charge in [-0.15, -0.1) is 0 Å². The third kappa shape index (κ3) is 3.19. The summed E-state index contributed by atoms with van der Waals surface area (Å²) in [5.41, 5.74) is 5.98. The van der Waals surface area contributed by atoms with E-state index in [1.807, 2.05) is 0 Å². The van der Waals surface area contributed by atoms with Crippen LogP contribution in [-0.4, -0.2) is 29.0 Å². The summed E-state index contributed by atoms with van der Waals surface area (Å²) in [4.78, 5) is 3.42. The molecule has 0 unspecified atom stereocenters. The first kappa shape index (κ1) is 13.3.